The molecule has 0 aliphatic carbocycles. The molecule has 0 bridgehead atoms. The minimum absolute atomic E-state index is 0.170. The molecule has 2 aliphatic rings. The van der Waals surface area contributed by atoms with E-state index in [4.69, 9.17) is 0 Å². The van der Waals surface area contributed by atoms with Gasteiger partial charge in [0, 0.05) is 0 Å². The largest absolute Gasteiger partial charge is 0.758 e. The molecular formula is CHN5O6-4. The molecule has 2 rings (SSSR count). The van der Waals surface area contributed by atoms with E-state index in [0.29, 0.717) is 0 Å². The van der Waals surface area contributed by atoms with Crippen molar-refractivity contribution < 1.29 is 9.88 Å². The van der Waals surface area contributed by atoms with Crippen LogP contribution < -0.4 is 0 Å². The quantitative estimate of drug-likeness (QED) is 0.457. The minimum atomic E-state index is -1.66. The van der Waals surface area contributed by atoms with Crippen LogP contribution in [-0.4, -0.2) is 32.5 Å². The summed E-state index contributed by atoms with van der Waals surface area (Å²) < 4.78 is 0. The molecule has 0 spiro atoms. The van der Waals surface area contributed by atoms with Gasteiger partial charge >= 0.3 is 0 Å². The van der Waals surface area contributed by atoms with E-state index in [-0.39, 0.29) is 26.2 Å². The Morgan fingerprint density at radius 1 is 0.833 bits per heavy atom. The fourth-order valence-electron chi connectivity index (χ4n) is 0.703. The summed E-state index contributed by atoms with van der Waals surface area (Å²) in [4.78, 5) is 7.43. The van der Waals surface area contributed by atoms with E-state index in [2.05, 4.69) is 9.88 Å². The normalized spacial score (nSPS) is 32.0. The summed E-state index contributed by atoms with van der Waals surface area (Å²) in [5.74, 6) is 0. The van der Waals surface area contributed by atoms with Crippen molar-refractivity contribution >= 4 is 0 Å². The average Bonchev–Trinajstić information content (AvgIpc) is 2.01. The monoisotopic (exact) mass is 179 g/mol. The Morgan fingerprint density at radius 3 is 1.58 bits per heavy atom. The first-order valence-corrected chi connectivity index (χ1v) is 2.64. The third-order valence-electron chi connectivity index (χ3n) is 1.22. The summed E-state index contributed by atoms with van der Waals surface area (Å²) in [6.45, 7) is 0. The van der Waals surface area contributed by atoms with E-state index < -0.39 is 6.29 Å². The molecule has 12 heavy (non-hydrogen) atoms. The first-order valence-electron chi connectivity index (χ1n) is 2.64. The molecule has 0 unspecified atom stereocenters. The summed E-state index contributed by atoms with van der Waals surface area (Å²) in [5, 5.41) is 40.6. The van der Waals surface area contributed by atoms with Crippen molar-refractivity contribution in [3.63, 3.8) is 0 Å². The lowest BCUT2D eigenvalue weighted by Crippen LogP contribution is -2.76. The lowest BCUT2D eigenvalue weighted by atomic mass is 10.8. The molecule has 11 heteroatoms. The van der Waals surface area contributed by atoms with Crippen LogP contribution in [0.1, 0.15) is 0 Å². The van der Waals surface area contributed by atoms with Crippen molar-refractivity contribution in [3.8, 4) is 0 Å². The van der Waals surface area contributed by atoms with Crippen molar-refractivity contribution in [2.45, 2.75) is 6.29 Å². The molecule has 0 aromatic rings. The average molecular weight is 179 g/mol. The highest BCUT2D eigenvalue weighted by molar-refractivity contribution is 4.69. The maximum Gasteiger partial charge on any atom is 0.174 e. The van der Waals surface area contributed by atoms with E-state index >= 15 is 0 Å². The first-order chi connectivity index (χ1) is 5.61. The van der Waals surface area contributed by atoms with Gasteiger partial charge in [0.1, 0.15) is 0 Å². The van der Waals surface area contributed by atoms with Crippen LogP contribution in [0.4, 0.5) is 0 Å². The molecular weight excluding hydrogens is 178 g/mol. The number of nitrogens with zero attached hydrogens (tertiary/aromatic N) is 5. The number of hydrazine groups is 2. The van der Waals surface area contributed by atoms with Crippen LogP contribution in [-0.2, 0) is 9.88 Å². The number of rotatable bonds is 1. The third kappa shape index (κ3) is 0.922. The summed E-state index contributed by atoms with van der Waals surface area (Å²) in [7, 11) is 0. The zero-order chi connectivity index (χ0) is 8.88. The van der Waals surface area contributed by atoms with Gasteiger partial charge in [0.2, 0.25) is 0 Å². The van der Waals surface area contributed by atoms with Crippen LogP contribution in [0.15, 0.2) is 0 Å². The van der Waals surface area contributed by atoms with Crippen molar-refractivity contribution in [1.29, 1.82) is 0 Å². The molecule has 2 aliphatic heterocycles. The van der Waals surface area contributed by atoms with Crippen LogP contribution in [0, 0.1) is 20.8 Å². The van der Waals surface area contributed by atoms with Gasteiger partial charge in [-0.1, -0.05) is 0 Å². The van der Waals surface area contributed by atoms with Crippen LogP contribution >= 0.6 is 0 Å². The van der Waals surface area contributed by atoms with E-state index in [1.165, 1.54) is 0 Å². The summed E-state index contributed by atoms with van der Waals surface area (Å²) in [6.07, 6.45) is -1.66. The number of hydrogen-bond donors (Lipinski definition) is 0. The molecule has 2 fully saturated rings. The van der Waals surface area contributed by atoms with Crippen molar-refractivity contribution in [2.24, 2.45) is 0 Å². The maximum atomic E-state index is 10.4. The molecule has 0 amide bonds. The standard InChI is InChI=1S/CHN5O6/c7-3-1(4(8)11-3)2-5(9)12-6(2)10/h1H/q-4. The molecule has 70 valence electrons. The van der Waals surface area contributed by atoms with Gasteiger partial charge < -0.3 is 20.8 Å². The van der Waals surface area contributed by atoms with Gasteiger partial charge in [0.05, 0.1) is 0 Å². The van der Waals surface area contributed by atoms with Gasteiger partial charge in [0.25, 0.3) is 0 Å². The topological polar surface area (TPSA) is 127 Å². The zero-order valence-electron chi connectivity index (χ0n) is 5.26. The second-order valence-electron chi connectivity index (χ2n) is 1.88. The van der Waals surface area contributed by atoms with Gasteiger partial charge in [-0.25, -0.2) is 15.4 Å². The lowest BCUT2D eigenvalue weighted by Gasteiger charge is -2.68. The fourth-order valence-corrected chi connectivity index (χ4v) is 0.703. The van der Waals surface area contributed by atoms with Gasteiger partial charge in [0.15, 0.2) is 6.29 Å². The van der Waals surface area contributed by atoms with Gasteiger partial charge in [-0.15, -0.1) is 5.12 Å². The Morgan fingerprint density at radius 2 is 1.33 bits per heavy atom. The highest BCUT2D eigenvalue weighted by Gasteiger charge is 2.39. The van der Waals surface area contributed by atoms with Gasteiger partial charge in [-0.3, -0.25) is 0 Å². The van der Waals surface area contributed by atoms with E-state index in [1.54, 1.807) is 0 Å². The predicted octanol–water partition coefficient (Wildman–Crippen LogP) is -1.68. The molecule has 11 nitrogen and oxygen atoms in total. The molecule has 0 N–H and O–H groups in total. The van der Waals surface area contributed by atoms with Crippen LogP contribution in [0.2, 0.25) is 0 Å². The van der Waals surface area contributed by atoms with E-state index in [1.807, 2.05) is 0 Å². The molecule has 2 saturated heterocycles. The molecule has 2 heterocycles. The molecule has 0 aromatic carbocycles. The highest BCUT2D eigenvalue weighted by Crippen LogP contribution is 2.29. The summed E-state index contributed by atoms with van der Waals surface area (Å²) in [6, 6.07) is 0. The third-order valence-corrected chi connectivity index (χ3v) is 1.22. The lowest BCUT2D eigenvalue weighted by molar-refractivity contribution is -0.648. The zero-order valence-corrected chi connectivity index (χ0v) is 5.26. The first kappa shape index (κ1) is 8.17. The van der Waals surface area contributed by atoms with Crippen molar-refractivity contribution in [2.75, 3.05) is 0 Å². The van der Waals surface area contributed by atoms with Crippen LogP contribution in [0.5, 0.6) is 0 Å². The number of hydrogen-bond acceptors (Lipinski definition) is 11. The summed E-state index contributed by atoms with van der Waals surface area (Å²) >= 11 is 0. The Bertz CT molecular complexity index is 153. The second kappa shape index (κ2) is 2.52. The minimum Gasteiger partial charge on any atom is -0.758 e. The Labute approximate surface area is 64.5 Å². The Kier molecular flexibility index (Phi) is 1.72. The molecule has 0 atom stereocenters. The SMILES string of the molecule is [O-]N1ON([O-])C1N1N([O-])ON1[O-]. The Balaban J connectivity index is 1.99. The molecule has 0 saturated carbocycles. The molecule has 0 aromatic heterocycles. The fraction of sp³-hybridized carbons (Fsp3) is 1.00. The second-order valence-corrected chi connectivity index (χ2v) is 1.88. The highest BCUT2D eigenvalue weighted by atomic mass is 17.2. The van der Waals surface area contributed by atoms with E-state index in [0.717, 1.165) is 0 Å². The molecule has 0 radical (unpaired) electrons. The Hall–Kier alpha value is -0.440. The van der Waals surface area contributed by atoms with Gasteiger partial charge in [-0.2, -0.15) is 15.6 Å². The van der Waals surface area contributed by atoms with Crippen LogP contribution in [0.25, 0.3) is 0 Å². The predicted molar refractivity (Wildman–Crippen MR) is 28.6 cm³/mol. The van der Waals surface area contributed by atoms with Gasteiger partial charge in [-0.05, 0) is 0 Å². The van der Waals surface area contributed by atoms with Crippen molar-refractivity contribution in [3.05, 3.63) is 20.8 Å². The van der Waals surface area contributed by atoms with E-state index in [9.17, 15) is 20.8 Å². The van der Waals surface area contributed by atoms with Crippen molar-refractivity contribution in [1.82, 2.24) is 26.2 Å². The smallest absolute Gasteiger partial charge is 0.174 e. The van der Waals surface area contributed by atoms with Crippen LogP contribution in [0.3, 0.4) is 0 Å². The summed E-state index contributed by atoms with van der Waals surface area (Å²) in [5.41, 5.74) is 0. The maximum absolute atomic E-state index is 10.4. The number of hydroxylamine groups is 4.